The Bertz CT molecular complexity index is 989. The highest BCUT2D eigenvalue weighted by atomic mass is 35.5. The molecule has 0 spiro atoms. The fourth-order valence-electron chi connectivity index (χ4n) is 2.47. The third kappa shape index (κ3) is 5.61. The summed E-state index contributed by atoms with van der Waals surface area (Å²) in [7, 11) is 0. The number of benzene rings is 2. The Balaban J connectivity index is 1.57. The number of amides is 1. The molecule has 1 heterocycles. The van der Waals surface area contributed by atoms with Crippen molar-refractivity contribution in [3.05, 3.63) is 52.5 Å². The van der Waals surface area contributed by atoms with Crippen LogP contribution in [-0.4, -0.2) is 28.5 Å². The zero-order chi connectivity index (χ0) is 21.0. The van der Waals surface area contributed by atoms with E-state index in [0.717, 1.165) is 22.7 Å². The quantitative estimate of drug-likeness (QED) is 0.554. The van der Waals surface area contributed by atoms with Crippen molar-refractivity contribution in [3.63, 3.8) is 0 Å². The normalized spacial score (nSPS) is 10.8. The number of nitrogens with zero attached hydrogens (tertiary/aromatic N) is 2. The number of hydrogen-bond donors (Lipinski definition) is 1. The summed E-state index contributed by atoms with van der Waals surface area (Å²) in [4.78, 5) is 16.3. The highest BCUT2D eigenvalue weighted by molar-refractivity contribution is 7.10. The average Bonchev–Trinajstić information content (AvgIpc) is 3.13. The number of aryl methyl sites for hydroxylation is 2. The van der Waals surface area contributed by atoms with E-state index in [2.05, 4.69) is 19.4 Å². The van der Waals surface area contributed by atoms with Crippen molar-refractivity contribution in [1.29, 1.82) is 0 Å². The minimum absolute atomic E-state index is 0.0392. The van der Waals surface area contributed by atoms with Gasteiger partial charge in [0.15, 0.2) is 12.4 Å². The first kappa shape index (κ1) is 20.9. The predicted octanol–water partition coefficient (Wildman–Crippen LogP) is 5.09. The lowest BCUT2D eigenvalue weighted by molar-refractivity contribution is -0.118. The van der Waals surface area contributed by atoms with Crippen LogP contribution in [0.25, 0.3) is 11.4 Å². The number of carbonyl (C=O) groups is 1. The minimum Gasteiger partial charge on any atom is -0.484 e. The smallest absolute Gasteiger partial charge is 0.387 e. The highest BCUT2D eigenvalue weighted by Gasteiger charge is 2.12. The summed E-state index contributed by atoms with van der Waals surface area (Å²) in [6.07, 6.45) is 0. The maximum Gasteiger partial charge on any atom is 0.387 e. The number of hydrogen-bond acceptors (Lipinski definition) is 6. The van der Waals surface area contributed by atoms with Crippen LogP contribution < -0.4 is 14.8 Å². The summed E-state index contributed by atoms with van der Waals surface area (Å²) in [5.74, 6) is 0.554. The molecule has 10 heteroatoms. The van der Waals surface area contributed by atoms with Gasteiger partial charge in [-0.3, -0.25) is 10.1 Å². The number of halogens is 3. The molecule has 0 saturated carbocycles. The van der Waals surface area contributed by atoms with Crippen molar-refractivity contribution in [2.75, 3.05) is 11.9 Å². The van der Waals surface area contributed by atoms with Crippen LogP contribution in [0.1, 0.15) is 11.1 Å². The van der Waals surface area contributed by atoms with Gasteiger partial charge in [0, 0.05) is 22.1 Å². The van der Waals surface area contributed by atoms with Crippen LogP contribution in [0.2, 0.25) is 5.02 Å². The van der Waals surface area contributed by atoms with Crippen molar-refractivity contribution in [1.82, 2.24) is 9.36 Å². The average molecular weight is 440 g/mol. The Morgan fingerprint density at radius 3 is 2.45 bits per heavy atom. The Hall–Kier alpha value is -2.78. The Kier molecular flexibility index (Phi) is 6.60. The topological polar surface area (TPSA) is 73.3 Å². The first-order valence-corrected chi connectivity index (χ1v) is 9.55. The van der Waals surface area contributed by atoms with Crippen molar-refractivity contribution < 1.29 is 23.0 Å². The minimum atomic E-state index is -2.89. The largest absolute Gasteiger partial charge is 0.484 e. The molecular weight excluding hydrogens is 424 g/mol. The lowest BCUT2D eigenvalue weighted by Crippen LogP contribution is -2.20. The van der Waals surface area contributed by atoms with Gasteiger partial charge in [-0.2, -0.15) is 18.1 Å². The molecule has 0 bridgehead atoms. The van der Waals surface area contributed by atoms with Gasteiger partial charge in [-0.1, -0.05) is 11.6 Å². The van der Waals surface area contributed by atoms with Gasteiger partial charge in [0.05, 0.1) is 0 Å². The van der Waals surface area contributed by atoms with Crippen molar-refractivity contribution in [2.45, 2.75) is 20.5 Å². The molecule has 0 saturated heterocycles. The molecule has 0 aliphatic heterocycles. The monoisotopic (exact) mass is 439 g/mol. The fourth-order valence-corrected chi connectivity index (χ4v) is 3.19. The van der Waals surface area contributed by atoms with E-state index in [-0.39, 0.29) is 12.4 Å². The van der Waals surface area contributed by atoms with Crippen molar-refractivity contribution >= 4 is 34.2 Å². The number of rotatable bonds is 7. The van der Waals surface area contributed by atoms with Gasteiger partial charge in [-0.25, -0.2) is 0 Å². The van der Waals surface area contributed by atoms with E-state index in [9.17, 15) is 13.6 Å². The molecule has 3 aromatic rings. The van der Waals surface area contributed by atoms with Gasteiger partial charge in [0.25, 0.3) is 5.91 Å². The molecule has 1 amide bonds. The first-order chi connectivity index (χ1) is 13.8. The molecule has 0 radical (unpaired) electrons. The van der Waals surface area contributed by atoms with Crippen molar-refractivity contribution in [2.24, 2.45) is 0 Å². The lowest BCUT2D eigenvalue weighted by atomic mass is 10.1. The van der Waals surface area contributed by atoms with Gasteiger partial charge >= 0.3 is 6.61 Å². The Morgan fingerprint density at radius 1 is 1.17 bits per heavy atom. The number of nitrogens with one attached hydrogen (secondary N) is 1. The SMILES string of the molecule is Cc1cc(OCC(=O)Nc2nc(-c3ccc(OC(F)F)cc3)ns2)cc(C)c1Cl. The Labute approximate surface area is 174 Å². The second-order valence-electron chi connectivity index (χ2n) is 6.03. The van der Waals surface area contributed by atoms with Crippen LogP contribution in [0.4, 0.5) is 13.9 Å². The maximum absolute atomic E-state index is 12.2. The lowest BCUT2D eigenvalue weighted by Gasteiger charge is -2.09. The number of ether oxygens (including phenoxy) is 2. The number of carbonyl (C=O) groups excluding carboxylic acids is 1. The molecule has 6 nitrogen and oxygen atoms in total. The van der Waals surface area contributed by atoms with Crippen LogP contribution in [0.5, 0.6) is 11.5 Å². The van der Waals surface area contributed by atoms with Crippen LogP contribution >= 0.6 is 23.1 Å². The van der Waals surface area contributed by atoms with E-state index < -0.39 is 12.5 Å². The number of anilines is 1. The van der Waals surface area contributed by atoms with E-state index in [0.29, 0.717) is 27.3 Å². The summed E-state index contributed by atoms with van der Waals surface area (Å²) in [6, 6.07) is 9.41. The van der Waals surface area contributed by atoms with Crippen LogP contribution in [0.3, 0.4) is 0 Å². The van der Waals surface area contributed by atoms with Crippen molar-refractivity contribution in [3.8, 4) is 22.9 Å². The maximum atomic E-state index is 12.2. The molecular formula is C19H16ClF2N3O3S. The molecule has 0 aliphatic carbocycles. The third-order valence-corrected chi connectivity index (χ3v) is 5.02. The highest BCUT2D eigenvalue weighted by Crippen LogP contribution is 2.26. The van der Waals surface area contributed by atoms with Gasteiger partial charge in [-0.05, 0) is 61.4 Å². The number of alkyl halides is 2. The summed E-state index contributed by atoms with van der Waals surface area (Å²) in [5, 5.41) is 3.57. The number of aromatic nitrogens is 2. The molecule has 0 fully saturated rings. The zero-order valence-electron chi connectivity index (χ0n) is 15.4. The second kappa shape index (κ2) is 9.15. The fraction of sp³-hybridized carbons (Fsp3) is 0.211. The van der Waals surface area contributed by atoms with E-state index >= 15 is 0 Å². The summed E-state index contributed by atoms with van der Waals surface area (Å²) in [6.45, 7) is 0.631. The van der Waals surface area contributed by atoms with E-state index in [1.54, 1.807) is 24.3 Å². The van der Waals surface area contributed by atoms with E-state index in [1.165, 1.54) is 12.1 Å². The Morgan fingerprint density at radius 2 is 1.83 bits per heavy atom. The zero-order valence-corrected chi connectivity index (χ0v) is 17.0. The standard InChI is InChI=1S/C19H16ClF2N3O3S/c1-10-7-14(8-11(2)16(10)20)27-9-15(26)23-19-24-17(25-29-19)12-3-5-13(6-4-12)28-18(21)22/h3-8,18H,9H2,1-2H3,(H,23,24,25,26). The second-order valence-corrected chi connectivity index (χ2v) is 7.16. The molecule has 2 aromatic carbocycles. The molecule has 0 atom stereocenters. The molecule has 1 N–H and O–H groups in total. The van der Waals surface area contributed by atoms with Crippen LogP contribution in [-0.2, 0) is 4.79 Å². The van der Waals surface area contributed by atoms with Gasteiger partial charge in [0.2, 0.25) is 5.13 Å². The summed E-state index contributed by atoms with van der Waals surface area (Å²) in [5.41, 5.74) is 2.33. The molecule has 1 aromatic heterocycles. The van der Waals surface area contributed by atoms with E-state index in [4.69, 9.17) is 16.3 Å². The van der Waals surface area contributed by atoms with Gasteiger partial charge in [-0.15, -0.1) is 0 Å². The first-order valence-electron chi connectivity index (χ1n) is 8.40. The van der Waals surface area contributed by atoms with Crippen LogP contribution in [0.15, 0.2) is 36.4 Å². The summed E-state index contributed by atoms with van der Waals surface area (Å²) >= 11 is 7.11. The van der Waals surface area contributed by atoms with Gasteiger partial charge in [0.1, 0.15) is 11.5 Å². The van der Waals surface area contributed by atoms with E-state index in [1.807, 2.05) is 13.8 Å². The third-order valence-electron chi connectivity index (χ3n) is 3.79. The molecule has 0 aliphatic rings. The molecule has 29 heavy (non-hydrogen) atoms. The molecule has 0 unspecified atom stereocenters. The summed E-state index contributed by atoms with van der Waals surface area (Å²) < 4.78 is 38.3. The predicted molar refractivity (Wildman–Crippen MR) is 107 cm³/mol. The van der Waals surface area contributed by atoms with Crippen LogP contribution in [0, 0.1) is 13.8 Å². The molecule has 3 rings (SSSR count). The van der Waals surface area contributed by atoms with Gasteiger partial charge < -0.3 is 9.47 Å². The molecule has 152 valence electrons.